The zero-order valence-corrected chi connectivity index (χ0v) is 13.7. The maximum Gasteiger partial charge on any atom is 0.271 e. The number of ether oxygens (including phenoxy) is 3. The van der Waals surface area contributed by atoms with Gasteiger partial charge in [-0.3, -0.25) is 4.79 Å². The van der Waals surface area contributed by atoms with Crippen LogP contribution in [0.1, 0.15) is 15.9 Å². The molecule has 3 N–H and O–H groups in total. The first-order chi connectivity index (χ1) is 11.6. The van der Waals surface area contributed by atoms with E-state index in [4.69, 9.17) is 19.9 Å². The fourth-order valence-corrected chi connectivity index (χ4v) is 2.09. The molecule has 0 saturated carbocycles. The number of nitrogens with zero attached hydrogens (tertiary/aromatic N) is 1. The number of benzene rings is 2. The summed E-state index contributed by atoms with van der Waals surface area (Å²) in [6.07, 6.45) is 1.47. The first-order valence-corrected chi connectivity index (χ1v) is 7.08. The number of anilines is 1. The molecule has 0 bridgehead atoms. The molecule has 1 amide bonds. The lowest BCUT2D eigenvalue weighted by Gasteiger charge is -2.13. The maximum absolute atomic E-state index is 12.0. The second-order valence-corrected chi connectivity index (χ2v) is 4.74. The SMILES string of the molecule is COc1ccc(/C=N\NC(=O)c2ccc(N)cc2)c(OC)c1OC. The zero-order chi connectivity index (χ0) is 17.5. The molecule has 0 unspecified atom stereocenters. The molecule has 0 radical (unpaired) electrons. The summed E-state index contributed by atoms with van der Waals surface area (Å²) in [5.41, 5.74) is 9.71. The monoisotopic (exact) mass is 329 g/mol. The number of amides is 1. The largest absolute Gasteiger partial charge is 0.493 e. The molecule has 126 valence electrons. The van der Waals surface area contributed by atoms with Crippen LogP contribution in [-0.4, -0.2) is 33.5 Å². The molecule has 0 aliphatic carbocycles. The summed E-state index contributed by atoms with van der Waals surface area (Å²) in [5.74, 6) is 1.11. The quantitative estimate of drug-likeness (QED) is 0.480. The van der Waals surface area contributed by atoms with E-state index in [2.05, 4.69) is 10.5 Å². The van der Waals surface area contributed by atoms with Gasteiger partial charge in [0.25, 0.3) is 5.91 Å². The van der Waals surface area contributed by atoms with Crippen molar-refractivity contribution in [3.8, 4) is 17.2 Å². The van der Waals surface area contributed by atoms with Crippen LogP contribution in [0.5, 0.6) is 17.2 Å². The van der Waals surface area contributed by atoms with Gasteiger partial charge in [-0.2, -0.15) is 5.10 Å². The van der Waals surface area contributed by atoms with E-state index in [1.54, 1.807) is 36.4 Å². The van der Waals surface area contributed by atoms with Gasteiger partial charge < -0.3 is 19.9 Å². The fraction of sp³-hybridized carbons (Fsp3) is 0.176. The zero-order valence-electron chi connectivity index (χ0n) is 13.7. The highest BCUT2D eigenvalue weighted by Gasteiger charge is 2.14. The summed E-state index contributed by atoms with van der Waals surface area (Å²) in [4.78, 5) is 12.0. The lowest BCUT2D eigenvalue weighted by atomic mass is 10.2. The lowest BCUT2D eigenvalue weighted by molar-refractivity contribution is 0.0955. The Labute approximate surface area is 140 Å². The van der Waals surface area contributed by atoms with Crippen LogP contribution in [0.15, 0.2) is 41.5 Å². The highest BCUT2D eigenvalue weighted by molar-refractivity contribution is 5.95. The number of hydrazone groups is 1. The van der Waals surface area contributed by atoms with Crippen LogP contribution in [0.25, 0.3) is 0 Å². The van der Waals surface area contributed by atoms with Gasteiger partial charge >= 0.3 is 0 Å². The van der Waals surface area contributed by atoms with Gasteiger partial charge in [0.2, 0.25) is 5.75 Å². The topological polar surface area (TPSA) is 95.2 Å². The standard InChI is InChI=1S/C17H19N3O4/c1-22-14-9-6-12(15(23-2)16(14)24-3)10-19-20-17(21)11-4-7-13(18)8-5-11/h4-10H,18H2,1-3H3,(H,20,21)/b19-10-. The van der Waals surface area contributed by atoms with Gasteiger partial charge in [0.05, 0.1) is 27.5 Å². The number of methoxy groups -OCH3 is 3. The minimum absolute atomic E-state index is 0.342. The summed E-state index contributed by atoms with van der Waals surface area (Å²) >= 11 is 0. The Bertz CT molecular complexity index is 742. The molecule has 2 aromatic carbocycles. The van der Waals surface area contributed by atoms with Crippen LogP contribution in [0.4, 0.5) is 5.69 Å². The van der Waals surface area contributed by atoms with E-state index < -0.39 is 0 Å². The molecular formula is C17H19N3O4. The molecule has 0 aliphatic heterocycles. The number of carbonyl (C=O) groups excluding carboxylic acids is 1. The molecule has 2 rings (SSSR count). The van der Waals surface area contributed by atoms with Crippen LogP contribution < -0.4 is 25.4 Å². The number of hydrogen-bond donors (Lipinski definition) is 2. The Kier molecular flexibility index (Phi) is 5.62. The highest BCUT2D eigenvalue weighted by Crippen LogP contribution is 2.38. The first-order valence-electron chi connectivity index (χ1n) is 7.08. The van der Waals surface area contributed by atoms with Crippen LogP contribution in [0.2, 0.25) is 0 Å². The lowest BCUT2D eigenvalue weighted by Crippen LogP contribution is -2.17. The second-order valence-electron chi connectivity index (χ2n) is 4.74. The van der Waals surface area contributed by atoms with Gasteiger partial charge in [0.15, 0.2) is 11.5 Å². The van der Waals surface area contributed by atoms with Crippen molar-refractivity contribution in [1.29, 1.82) is 0 Å². The molecule has 0 saturated heterocycles. The third-order valence-electron chi connectivity index (χ3n) is 3.28. The van der Waals surface area contributed by atoms with E-state index in [-0.39, 0.29) is 5.91 Å². The van der Waals surface area contributed by atoms with Crippen molar-refractivity contribution >= 4 is 17.8 Å². The highest BCUT2D eigenvalue weighted by atomic mass is 16.5. The summed E-state index contributed by atoms with van der Waals surface area (Å²) in [6.45, 7) is 0. The van der Waals surface area contributed by atoms with Gasteiger partial charge in [0.1, 0.15) is 0 Å². The molecule has 24 heavy (non-hydrogen) atoms. The minimum Gasteiger partial charge on any atom is -0.493 e. The van der Waals surface area contributed by atoms with Crippen molar-refractivity contribution in [2.45, 2.75) is 0 Å². The second kappa shape index (κ2) is 7.87. The molecular weight excluding hydrogens is 310 g/mol. The van der Waals surface area contributed by atoms with Gasteiger partial charge in [-0.1, -0.05) is 0 Å². The van der Waals surface area contributed by atoms with E-state index in [9.17, 15) is 4.79 Å². The Morgan fingerprint density at radius 1 is 1.00 bits per heavy atom. The maximum atomic E-state index is 12.0. The molecule has 0 fully saturated rings. The van der Waals surface area contributed by atoms with E-state index >= 15 is 0 Å². The van der Waals surface area contributed by atoms with E-state index in [1.165, 1.54) is 27.5 Å². The predicted octanol–water partition coefficient (Wildman–Crippen LogP) is 2.06. The van der Waals surface area contributed by atoms with Gasteiger partial charge in [-0.15, -0.1) is 0 Å². The van der Waals surface area contributed by atoms with Crippen molar-refractivity contribution in [1.82, 2.24) is 5.43 Å². The number of hydrogen-bond acceptors (Lipinski definition) is 6. The van der Waals surface area contributed by atoms with Crippen molar-refractivity contribution in [3.63, 3.8) is 0 Å². The van der Waals surface area contributed by atoms with Crippen molar-refractivity contribution in [2.24, 2.45) is 5.10 Å². The first kappa shape index (κ1) is 17.1. The van der Waals surface area contributed by atoms with Gasteiger partial charge in [-0.25, -0.2) is 5.43 Å². The predicted molar refractivity (Wildman–Crippen MR) is 92.0 cm³/mol. The number of carbonyl (C=O) groups is 1. The normalized spacial score (nSPS) is 10.5. The summed E-state index contributed by atoms with van der Waals surface area (Å²) in [6, 6.07) is 10.0. The number of rotatable bonds is 6. The molecule has 7 nitrogen and oxygen atoms in total. The van der Waals surface area contributed by atoms with Gasteiger partial charge in [0, 0.05) is 16.8 Å². The Morgan fingerprint density at radius 3 is 2.25 bits per heavy atom. The molecule has 0 aliphatic rings. The Balaban J connectivity index is 2.17. The van der Waals surface area contributed by atoms with E-state index in [0.29, 0.717) is 34.1 Å². The summed E-state index contributed by atoms with van der Waals surface area (Å²) in [5, 5.41) is 3.95. The van der Waals surface area contributed by atoms with Crippen LogP contribution in [0, 0.1) is 0 Å². The van der Waals surface area contributed by atoms with E-state index in [0.717, 1.165) is 0 Å². The minimum atomic E-state index is -0.342. The van der Waals surface area contributed by atoms with Crippen LogP contribution in [0.3, 0.4) is 0 Å². The Morgan fingerprint density at radius 2 is 1.67 bits per heavy atom. The fourth-order valence-electron chi connectivity index (χ4n) is 2.09. The van der Waals surface area contributed by atoms with Crippen molar-refractivity contribution < 1.29 is 19.0 Å². The average molecular weight is 329 g/mol. The molecule has 0 heterocycles. The number of nitrogen functional groups attached to an aromatic ring is 1. The van der Waals surface area contributed by atoms with Crippen LogP contribution in [-0.2, 0) is 0 Å². The molecule has 0 atom stereocenters. The Hall–Kier alpha value is -3.22. The van der Waals surface area contributed by atoms with Gasteiger partial charge in [-0.05, 0) is 36.4 Å². The molecule has 0 aromatic heterocycles. The number of nitrogens with one attached hydrogen (secondary N) is 1. The summed E-state index contributed by atoms with van der Waals surface area (Å²) in [7, 11) is 4.57. The van der Waals surface area contributed by atoms with Crippen LogP contribution >= 0.6 is 0 Å². The smallest absolute Gasteiger partial charge is 0.271 e. The third kappa shape index (κ3) is 3.75. The summed E-state index contributed by atoms with van der Waals surface area (Å²) < 4.78 is 15.9. The number of nitrogens with two attached hydrogens (primary N) is 1. The average Bonchev–Trinajstić information content (AvgIpc) is 2.61. The van der Waals surface area contributed by atoms with Crippen molar-refractivity contribution in [3.05, 3.63) is 47.5 Å². The molecule has 7 heteroatoms. The molecule has 0 spiro atoms. The van der Waals surface area contributed by atoms with Crippen molar-refractivity contribution in [2.75, 3.05) is 27.1 Å². The third-order valence-corrected chi connectivity index (χ3v) is 3.28. The van der Waals surface area contributed by atoms with E-state index in [1.807, 2.05) is 0 Å². The molecule has 2 aromatic rings.